The minimum absolute atomic E-state index is 0.359. The van der Waals surface area contributed by atoms with E-state index in [1.165, 1.54) is 19.0 Å². The average molecular weight is 365 g/mol. The van der Waals surface area contributed by atoms with Gasteiger partial charge in [0.15, 0.2) is 5.65 Å². The predicted molar refractivity (Wildman–Crippen MR) is 105 cm³/mol. The molecule has 1 aliphatic rings. The Hall–Kier alpha value is -3.09. The van der Waals surface area contributed by atoms with Gasteiger partial charge in [0.25, 0.3) is 5.91 Å². The molecule has 0 atom stereocenters. The Labute approximate surface area is 157 Å². The third-order valence-corrected chi connectivity index (χ3v) is 5.23. The van der Waals surface area contributed by atoms with Crippen LogP contribution in [0.1, 0.15) is 47.7 Å². The smallest absolute Gasteiger partial charge is 0.252 e. The molecule has 0 spiro atoms. The second-order valence-electron chi connectivity index (χ2n) is 6.96. The lowest BCUT2D eigenvalue weighted by Gasteiger charge is -2.14. The maximum absolute atomic E-state index is 12.1. The van der Waals surface area contributed by atoms with Crippen LogP contribution < -0.4 is 15.8 Å². The first-order valence-electron chi connectivity index (χ1n) is 9.15. The zero-order valence-electron chi connectivity index (χ0n) is 15.5. The minimum Gasteiger partial charge on any atom is -0.497 e. The molecule has 0 aliphatic heterocycles. The molecule has 27 heavy (non-hydrogen) atoms. The molecule has 1 fully saturated rings. The highest BCUT2D eigenvalue weighted by Gasteiger charge is 2.27. The fraction of sp³-hybridized carbons (Fsp3) is 0.350. The summed E-state index contributed by atoms with van der Waals surface area (Å²) in [7, 11) is 3.50. The zero-order valence-corrected chi connectivity index (χ0v) is 15.5. The summed E-state index contributed by atoms with van der Waals surface area (Å²) in [5, 5.41) is 9.00. The van der Waals surface area contributed by atoms with E-state index in [2.05, 4.69) is 10.3 Å². The van der Waals surface area contributed by atoms with E-state index in [9.17, 15) is 4.79 Å². The van der Waals surface area contributed by atoms with Crippen LogP contribution in [0.5, 0.6) is 5.75 Å². The van der Waals surface area contributed by atoms with Gasteiger partial charge in [-0.25, -0.2) is 4.98 Å². The maximum Gasteiger partial charge on any atom is 0.252 e. The van der Waals surface area contributed by atoms with Crippen molar-refractivity contribution in [1.29, 1.82) is 0 Å². The Morgan fingerprint density at radius 2 is 2.11 bits per heavy atom. The Balaban J connectivity index is 1.92. The number of benzene rings is 1. The number of hydrogen-bond acceptors (Lipinski definition) is 5. The van der Waals surface area contributed by atoms with E-state index >= 15 is 0 Å². The van der Waals surface area contributed by atoms with Gasteiger partial charge in [0.05, 0.1) is 29.4 Å². The number of nitrogens with zero attached hydrogens (tertiary/aromatic N) is 3. The lowest BCUT2D eigenvalue weighted by molar-refractivity contribution is 0.100. The van der Waals surface area contributed by atoms with Crippen molar-refractivity contribution in [2.45, 2.75) is 31.6 Å². The van der Waals surface area contributed by atoms with Crippen LogP contribution in [0.25, 0.3) is 11.0 Å². The number of carbonyl (C=O) groups excluding carboxylic acids is 1. The number of aromatic nitrogens is 3. The number of nitrogens with one attached hydrogen (secondary N) is 1. The van der Waals surface area contributed by atoms with Crippen molar-refractivity contribution in [2.24, 2.45) is 12.8 Å². The summed E-state index contributed by atoms with van der Waals surface area (Å²) in [4.78, 5) is 16.6. The molecular weight excluding hydrogens is 342 g/mol. The van der Waals surface area contributed by atoms with E-state index in [4.69, 9.17) is 15.6 Å². The average Bonchev–Trinajstić information content (AvgIpc) is 3.30. The Kier molecular flexibility index (Phi) is 4.43. The number of nitrogens with two attached hydrogens (primary N) is 1. The Morgan fingerprint density at radius 3 is 2.81 bits per heavy atom. The molecular formula is C20H23N5O2. The monoisotopic (exact) mass is 365 g/mol. The number of carbonyl (C=O) groups is 1. The maximum atomic E-state index is 12.1. The quantitative estimate of drug-likeness (QED) is 0.722. The van der Waals surface area contributed by atoms with Crippen molar-refractivity contribution in [3.8, 4) is 5.75 Å². The Bertz CT molecular complexity index is 1010. The van der Waals surface area contributed by atoms with Crippen LogP contribution in [0, 0.1) is 0 Å². The number of pyridine rings is 1. The number of primary amides is 1. The van der Waals surface area contributed by atoms with Crippen molar-refractivity contribution in [3.63, 3.8) is 0 Å². The van der Waals surface area contributed by atoms with Crippen molar-refractivity contribution < 1.29 is 9.53 Å². The number of hydrogen-bond donors (Lipinski definition) is 2. The number of anilines is 2. The highest BCUT2D eigenvalue weighted by molar-refractivity contribution is 6.07. The first kappa shape index (κ1) is 17.3. The van der Waals surface area contributed by atoms with Crippen LogP contribution >= 0.6 is 0 Å². The van der Waals surface area contributed by atoms with E-state index in [1.807, 2.05) is 31.3 Å². The van der Waals surface area contributed by atoms with E-state index < -0.39 is 5.91 Å². The fourth-order valence-electron chi connectivity index (χ4n) is 3.90. The molecule has 0 bridgehead atoms. The number of aryl methyl sites for hydroxylation is 1. The molecule has 7 heteroatoms. The summed E-state index contributed by atoms with van der Waals surface area (Å²) in [6.45, 7) is 0. The molecule has 1 aromatic carbocycles. The van der Waals surface area contributed by atoms with Gasteiger partial charge < -0.3 is 15.8 Å². The number of amides is 1. The van der Waals surface area contributed by atoms with Gasteiger partial charge in [-0.3, -0.25) is 9.48 Å². The number of fused-ring (bicyclic) bond motifs is 1. The first-order valence-corrected chi connectivity index (χ1v) is 9.15. The molecule has 0 unspecified atom stereocenters. The van der Waals surface area contributed by atoms with E-state index in [1.54, 1.807) is 11.8 Å². The second-order valence-corrected chi connectivity index (χ2v) is 6.96. The molecule has 1 saturated carbocycles. The summed E-state index contributed by atoms with van der Waals surface area (Å²) in [5.41, 5.74) is 9.22. The lowest BCUT2D eigenvalue weighted by Crippen LogP contribution is -2.14. The largest absolute Gasteiger partial charge is 0.497 e. The van der Waals surface area contributed by atoms with Crippen LogP contribution in [0.15, 0.2) is 30.5 Å². The zero-order chi connectivity index (χ0) is 19.0. The van der Waals surface area contributed by atoms with Gasteiger partial charge in [-0.05, 0) is 25.0 Å². The third kappa shape index (κ3) is 3.09. The summed E-state index contributed by atoms with van der Waals surface area (Å²) >= 11 is 0. The molecule has 2 heterocycles. The summed E-state index contributed by atoms with van der Waals surface area (Å²) < 4.78 is 7.09. The molecule has 0 saturated heterocycles. The van der Waals surface area contributed by atoms with Gasteiger partial charge in [0.2, 0.25) is 0 Å². The second kappa shape index (κ2) is 6.90. The van der Waals surface area contributed by atoms with Crippen LogP contribution in [0.2, 0.25) is 0 Å². The number of methoxy groups -OCH3 is 1. The van der Waals surface area contributed by atoms with Crippen molar-refractivity contribution >= 4 is 28.3 Å². The van der Waals surface area contributed by atoms with Gasteiger partial charge in [-0.2, -0.15) is 5.10 Å². The van der Waals surface area contributed by atoms with Crippen LogP contribution in [-0.2, 0) is 7.05 Å². The standard InChI is InChI=1S/C20H23N5O2/c1-25-20-16(17(24-25)12-6-3-4-7-12)18(15(11-22-20)19(21)26)23-13-8-5-9-14(10-13)27-2/h5,8-12H,3-4,6-7H2,1-2H3,(H2,21,26)(H,22,23). The topological polar surface area (TPSA) is 95.1 Å². The summed E-state index contributed by atoms with van der Waals surface area (Å²) in [6.07, 6.45) is 6.12. The molecule has 4 rings (SSSR count). The SMILES string of the molecule is COc1cccc(Nc2c(C(N)=O)cnc3c2c(C2CCCC2)nn3C)c1. The Morgan fingerprint density at radius 1 is 1.33 bits per heavy atom. The van der Waals surface area contributed by atoms with Crippen LogP contribution in [0.3, 0.4) is 0 Å². The molecule has 2 aromatic heterocycles. The molecule has 1 aliphatic carbocycles. The van der Waals surface area contributed by atoms with Gasteiger partial charge in [0.1, 0.15) is 5.75 Å². The van der Waals surface area contributed by atoms with Crippen LogP contribution in [0.4, 0.5) is 11.4 Å². The normalized spacial score (nSPS) is 14.6. The van der Waals surface area contributed by atoms with Crippen molar-refractivity contribution in [3.05, 3.63) is 41.7 Å². The van der Waals surface area contributed by atoms with E-state index in [0.717, 1.165) is 41.0 Å². The van der Waals surface area contributed by atoms with Gasteiger partial charge >= 0.3 is 0 Å². The molecule has 140 valence electrons. The van der Waals surface area contributed by atoms with Gasteiger partial charge in [-0.15, -0.1) is 0 Å². The minimum atomic E-state index is -0.518. The summed E-state index contributed by atoms with van der Waals surface area (Å²) in [6, 6.07) is 7.56. The summed E-state index contributed by atoms with van der Waals surface area (Å²) in [5.74, 6) is 0.591. The van der Waals surface area contributed by atoms with E-state index in [0.29, 0.717) is 17.2 Å². The number of rotatable bonds is 5. The highest BCUT2D eigenvalue weighted by atomic mass is 16.5. The predicted octanol–water partition coefficient (Wildman–Crippen LogP) is 3.48. The van der Waals surface area contributed by atoms with Crippen LogP contribution in [-0.4, -0.2) is 27.8 Å². The fourth-order valence-corrected chi connectivity index (χ4v) is 3.90. The highest BCUT2D eigenvalue weighted by Crippen LogP contribution is 2.40. The molecule has 1 amide bonds. The molecule has 3 aromatic rings. The first-order chi connectivity index (χ1) is 13.1. The van der Waals surface area contributed by atoms with E-state index in [-0.39, 0.29) is 0 Å². The molecule has 0 radical (unpaired) electrons. The van der Waals surface area contributed by atoms with Crippen molar-refractivity contribution in [2.75, 3.05) is 12.4 Å². The van der Waals surface area contributed by atoms with Gasteiger partial charge in [0, 0.05) is 30.9 Å². The molecule has 3 N–H and O–H groups in total. The molecule has 7 nitrogen and oxygen atoms in total. The third-order valence-electron chi connectivity index (χ3n) is 5.23. The van der Waals surface area contributed by atoms with Crippen molar-refractivity contribution in [1.82, 2.24) is 14.8 Å². The van der Waals surface area contributed by atoms with Gasteiger partial charge in [-0.1, -0.05) is 18.9 Å². The number of ether oxygens (including phenoxy) is 1. The lowest BCUT2D eigenvalue weighted by atomic mass is 9.99.